The summed E-state index contributed by atoms with van der Waals surface area (Å²) in [5.41, 5.74) is 1.97. The molecule has 0 spiro atoms. The molecule has 4 nitrogen and oxygen atoms in total. The van der Waals surface area contributed by atoms with Gasteiger partial charge in [0.25, 0.3) is 0 Å². The summed E-state index contributed by atoms with van der Waals surface area (Å²) in [7, 11) is 1.71. The zero-order valence-corrected chi connectivity index (χ0v) is 13.1. The molecule has 110 valence electrons. The van der Waals surface area contributed by atoms with Crippen LogP contribution in [0.5, 0.6) is 0 Å². The molecule has 0 bridgehead atoms. The molecule has 1 heterocycles. The van der Waals surface area contributed by atoms with E-state index < -0.39 is 9.05 Å². The largest absolute Gasteiger partial charge is 0.312 e. The molecular weight excluding hydrogens is 298 g/mol. The van der Waals surface area contributed by atoms with Crippen LogP contribution in [0.15, 0.2) is 24.3 Å². The van der Waals surface area contributed by atoms with Crippen LogP contribution in [0.2, 0.25) is 0 Å². The monoisotopic (exact) mass is 315 g/mol. The van der Waals surface area contributed by atoms with E-state index in [9.17, 15) is 13.2 Å². The van der Waals surface area contributed by atoms with Gasteiger partial charge in [-0.25, -0.2) is 8.42 Å². The summed E-state index contributed by atoms with van der Waals surface area (Å²) in [6.07, 6.45) is 0.235. The second-order valence-corrected chi connectivity index (χ2v) is 8.32. The topological polar surface area (TPSA) is 54.5 Å². The van der Waals surface area contributed by atoms with Crippen molar-refractivity contribution in [3.8, 4) is 0 Å². The lowest BCUT2D eigenvalue weighted by molar-refractivity contribution is -0.117. The van der Waals surface area contributed by atoms with E-state index in [0.717, 1.165) is 11.3 Å². The summed E-state index contributed by atoms with van der Waals surface area (Å²) < 4.78 is 22.3. The van der Waals surface area contributed by atoms with Crippen molar-refractivity contribution in [3.63, 3.8) is 0 Å². The number of benzene rings is 1. The molecule has 1 aromatic carbocycles. The van der Waals surface area contributed by atoms with Gasteiger partial charge >= 0.3 is 0 Å². The highest BCUT2D eigenvalue weighted by Crippen LogP contribution is 2.32. The average Bonchev–Trinajstić information content (AvgIpc) is 2.67. The summed E-state index contributed by atoms with van der Waals surface area (Å²) in [5.74, 6) is -0.121. The van der Waals surface area contributed by atoms with Crippen molar-refractivity contribution in [3.05, 3.63) is 29.8 Å². The Kier molecular flexibility index (Phi) is 4.39. The van der Waals surface area contributed by atoms with Crippen LogP contribution in [0.4, 0.5) is 5.69 Å². The van der Waals surface area contributed by atoms with Gasteiger partial charge < -0.3 is 4.90 Å². The van der Waals surface area contributed by atoms with E-state index in [1.54, 1.807) is 4.90 Å². The molecule has 2 rings (SSSR count). The van der Waals surface area contributed by atoms with Crippen LogP contribution in [0.25, 0.3) is 0 Å². The average molecular weight is 316 g/mol. The Morgan fingerprint density at radius 2 is 2.00 bits per heavy atom. The van der Waals surface area contributed by atoms with Crippen LogP contribution in [-0.4, -0.2) is 26.6 Å². The van der Waals surface area contributed by atoms with Gasteiger partial charge in [0.05, 0.1) is 5.75 Å². The Bertz CT molecular complexity index is 613. The summed E-state index contributed by atoms with van der Waals surface area (Å²) in [5, 5.41) is 0. The van der Waals surface area contributed by atoms with Crippen LogP contribution in [0, 0.1) is 5.92 Å². The molecule has 0 radical (unpaired) electrons. The van der Waals surface area contributed by atoms with E-state index >= 15 is 0 Å². The van der Waals surface area contributed by atoms with E-state index in [2.05, 4.69) is 13.8 Å². The summed E-state index contributed by atoms with van der Waals surface area (Å²) >= 11 is 0. The van der Waals surface area contributed by atoms with Gasteiger partial charge in [-0.15, -0.1) is 0 Å². The van der Waals surface area contributed by atoms with Gasteiger partial charge in [0.2, 0.25) is 15.0 Å². The maximum absolute atomic E-state index is 12.1. The highest BCUT2D eigenvalue weighted by Gasteiger charge is 2.34. The van der Waals surface area contributed by atoms with Crippen molar-refractivity contribution < 1.29 is 13.2 Å². The van der Waals surface area contributed by atoms with E-state index in [4.69, 9.17) is 10.7 Å². The molecule has 1 fully saturated rings. The fraction of sp³-hybridized carbons (Fsp3) is 0.500. The van der Waals surface area contributed by atoms with E-state index in [1.165, 1.54) is 0 Å². The molecule has 1 aromatic rings. The molecular formula is C14H18ClNO3S. The minimum Gasteiger partial charge on any atom is -0.312 e. The molecule has 1 unspecified atom stereocenters. The van der Waals surface area contributed by atoms with Crippen molar-refractivity contribution in [1.29, 1.82) is 0 Å². The maximum Gasteiger partial charge on any atom is 0.232 e. The Morgan fingerprint density at radius 1 is 1.35 bits per heavy atom. The zero-order chi connectivity index (χ0) is 14.9. The van der Waals surface area contributed by atoms with Gasteiger partial charge in [-0.1, -0.05) is 32.0 Å². The molecule has 1 atom stereocenters. The molecule has 0 aliphatic carbocycles. The molecule has 1 amide bonds. The van der Waals surface area contributed by atoms with Gasteiger partial charge in [0.15, 0.2) is 0 Å². The molecule has 20 heavy (non-hydrogen) atoms. The first-order chi connectivity index (χ1) is 9.28. The van der Waals surface area contributed by atoms with Crippen LogP contribution >= 0.6 is 10.7 Å². The first kappa shape index (κ1) is 15.3. The summed E-state index contributed by atoms with van der Waals surface area (Å²) in [6, 6.07) is 7.74. The Balaban J connectivity index is 2.24. The number of carbonyl (C=O) groups is 1. The van der Waals surface area contributed by atoms with Gasteiger partial charge in [-0.2, -0.15) is 0 Å². The van der Waals surface area contributed by atoms with Crippen LogP contribution in [0.1, 0.15) is 31.7 Å². The number of halogens is 1. The number of para-hydroxylation sites is 1. The van der Waals surface area contributed by atoms with Gasteiger partial charge in [-0.3, -0.25) is 4.79 Å². The van der Waals surface area contributed by atoms with E-state index in [-0.39, 0.29) is 24.0 Å². The Hall–Kier alpha value is -1.07. The summed E-state index contributed by atoms with van der Waals surface area (Å²) in [6.45, 7) is 4.55. The van der Waals surface area contributed by atoms with Gasteiger partial charge in [0, 0.05) is 35.3 Å². The van der Waals surface area contributed by atoms with E-state index in [1.807, 2.05) is 24.3 Å². The van der Waals surface area contributed by atoms with Gasteiger partial charge in [0.1, 0.15) is 0 Å². The predicted octanol–water partition coefficient (Wildman–Crippen LogP) is 2.73. The van der Waals surface area contributed by atoms with Crippen molar-refractivity contribution in [2.24, 2.45) is 5.92 Å². The highest BCUT2D eigenvalue weighted by atomic mass is 35.7. The van der Waals surface area contributed by atoms with Crippen LogP contribution < -0.4 is 4.90 Å². The third-order valence-electron chi connectivity index (χ3n) is 3.49. The number of carbonyl (C=O) groups excluding carboxylic acids is 1. The van der Waals surface area contributed by atoms with Crippen molar-refractivity contribution in [1.82, 2.24) is 0 Å². The van der Waals surface area contributed by atoms with Crippen LogP contribution in [0.3, 0.4) is 0 Å². The quantitative estimate of drug-likeness (QED) is 0.803. The lowest BCUT2D eigenvalue weighted by atomic mass is 10.0. The third-order valence-corrected chi connectivity index (χ3v) is 4.74. The highest BCUT2D eigenvalue weighted by molar-refractivity contribution is 8.13. The number of rotatable bonds is 4. The minimum absolute atomic E-state index is 0.0385. The lowest BCUT2D eigenvalue weighted by Gasteiger charge is -2.22. The molecule has 1 aliphatic heterocycles. The molecule has 0 N–H and O–H groups in total. The first-order valence-corrected chi connectivity index (χ1v) is 9.07. The molecule has 1 saturated heterocycles. The molecule has 0 aromatic heterocycles. The zero-order valence-electron chi connectivity index (χ0n) is 11.5. The number of nitrogens with zero attached hydrogens (tertiary/aromatic N) is 1. The summed E-state index contributed by atoms with van der Waals surface area (Å²) in [4.78, 5) is 13.8. The van der Waals surface area contributed by atoms with Crippen molar-refractivity contribution >= 4 is 31.3 Å². The molecule has 1 aliphatic rings. The smallest absolute Gasteiger partial charge is 0.232 e. The number of anilines is 1. The predicted molar refractivity (Wildman–Crippen MR) is 80.6 cm³/mol. The third kappa shape index (κ3) is 3.52. The fourth-order valence-electron chi connectivity index (χ4n) is 2.63. The molecule has 6 heteroatoms. The second kappa shape index (κ2) is 5.74. The second-order valence-electron chi connectivity index (χ2n) is 5.49. The maximum atomic E-state index is 12.1. The first-order valence-electron chi connectivity index (χ1n) is 6.59. The number of hydrogen-bond acceptors (Lipinski definition) is 3. The fourth-order valence-corrected chi connectivity index (χ4v) is 3.95. The minimum atomic E-state index is -3.57. The van der Waals surface area contributed by atoms with Crippen molar-refractivity contribution in [2.45, 2.75) is 26.2 Å². The Labute approximate surface area is 124 Å². The normalized spacial score (nSPS) is 19.9. The van der Waals surface area contributed by atoms with E-state index in [0.29, 0.717) is 12.5 Å². The standard InChI is InChI=1S/C14H18ClNO3S/c1-10(2)12-5-3-4-6-13(12)16-8-11(7-14(16)17)9-20(15,18)19/h3-6,10-11H,7-9H2,1-2H3. The lowest BCUT2D eigenvalue weighted by Crippen LogP contribution is -2.26. The van der Waals surface area contributed by atoms with Crippen LogP contribution in [-0.2, 0) is 13.8 Å². The SMILES string of the molecule is CC(C)c1ccccc1N1CC(CS(=O)(=O)Cl)CC1=O. The van der Waals surface area contributed by atoms with Crippen molar-refractivity contribution in [2.75, 3.05) is 17.2 Å². The Morgan fingerprint density at radius 3 is 2.60 bits per heavy atom. The molecule has 0 saturated carbocycles. The number of hydrogen-bond donors (Lipinski definition) is 0. The number of amides is 1. The van der Waals surface area contributed by atoms with Gasteiger partial charge in [-0.05, 0) is 17.5 Å².